The molecule has 1 amide bonds. The second-order valence-electron chi connectivity index (χ2n) is 6.64. The van der Waals surface area contributed by atoms with Crippen LogP contribution in [0.3, 0.4) is 0 Å². The molecule has 0 aliphatic carbocycles. The number of rotatable bonds is 9. The Balaban J connectivity index is 1.78. The Morgan fingerprint density at radius 2 is 1.93 bits per heavy atom. The van der Waals surface area contributed by atoms with Gasteiger partial charge in [0.2, 0.25) is 5.91 Å². The fourth-order valence-electron chi connectivity index (χ4n) is 2.97. The number of alkyl halides is 3. The van der Waals surface area contributed by atoms with Crippen LogP contribution in [0.5, 0.6) is 5.75 Å². The Labute approximate surface area is 158 Å². The largest absolute Gasteiger partial charge is 0.494 e. The molecule has 5 nitrogen and oxygen atoms in total. The number of aryl methyl sites for hydroxylation is 1. The average Bonchev–Trinajstić information content (AvgIpc) is 2.65. The van der Waals surface area contributed by atoms with Gasteiger partial charge in [0, 0.05) is 39.1 Å². The predicted octanol–water partition coefficient (Wildman–Crippen LogP) is 2.36. The lowest BCUT2D eigenvalue weighted by Crippen LogP contribution is -2.57. The Morgan fingerprint density at radius 3 is 2.52 bits per heavy atom. The van der Waals surface area contributed by atoms with E-state index in [-0.39, 0.29) is 12.3 Å². The lowest BCUT2D eigenvalue weighted by atomic mass is 10.1. The van der Waals surface area contributed by atoms with E-state index in [4.69, 9.17) is 4.74 Å². The van der Waals surface area contributed by atoms with Crippen molar-refractivity contribution >= 4 is 5.91 Å². The molecule has 2 N–H and O–H groups in total. The van der Waals surface area contributed by atoms with Gasteiger partial charge in [0.05, 0.1) is 6.61 Å². The zero-order valence-electron chi connectivity index (χ0n) is 15.6. The van der Waals surface area contributed by atoms with Gasteiger partial charge in [0.1, 0.15) is 11.8 Å². The monoisotopic (exact) mass is 387 g/mol. The van der Waals surface area contributed by atoms with Crippen molar-refractivity contribution in [3.8, 4) is 5.75 Å². The number of amides is 1. The molecule has 2 rings (SSSR count). The molecule has 1 aliphatic heterocycles. The van der Waals surface area contributed by atoms with Gasteiger partial charge in [-0.15, -0.1) is 0 Å². The van der Waals surface area contributed by atoms with E-state index < -0.39 is 18.8 Å². The highest BCUT2D eigenvalue weighted by Crippen LogP contribution is 2.24. The summed E-state index contributed by atoms with van der Waals surface area (Å²) in [6, 6.07) is 5.79. The molecular formula is C19H28F3N3O2. The summed E-state index contributed by atoms with van der Waals surface area (Å²) in [5.74, 6) is 0.403. The number of nitrogens with zero attached hydrogens (tertiary/aromatic N) is 1. The van der Waals surface area contributed by atoms with Gasteiger partial charge in [-0.3, -0.25) is 9.69 Å². The summed E-state index contributed by atoms with van der Waals surface area (Å²) >= 11 is 0. The summed E-state index contributed by atoms with van der Waals surface area (Å²) in [5.41, 5.74) is 0.948. The number of piperazine rings is 1. The lowest BCUT2D eigenvalue weighted by Gasteiger charge is -2.35. The van der Waals surface area contributed by atoms with Gasteiger partial charge in [0.25, 0.3) is 0 Å². The highest BCUT2D eigenvalue weighted by atomic mass is 19.4. The number of nitrogens with one attached hydrogen (secondary N) is 2. The quantitative estimate of drug-likeness (QED) is 0.683. The molecule has 1 saturated heterocycles. The van der Waals surface area contributed by atoms with Crippen LogP contribution in [0.4, 0.5) is 13.2 Å². The zero-order chi connectivity index (χ0) is 19.7. The molecular weight excluding hydrogens is 359 g/mol. The number of carbonyl (C=O) groups is 1. The van der Waals surface area contributed by atoms with Crippen LogP contribution >= 0.6 is 0 Å². The standard InChI is InChI=1S/C19H28F3N3O2/c1-2-13-27-16-6-3-15(4-7-16)5-8-18(26)24-14-17(19(20,21)22)25-11-9-23-10-12-25/h3-4,6-7,17,23H,2,5,8-14H2,1H3,(H,24,26). The molecule has 0 spiro atoms. The molecule has 152 valence electrons. The first-order valence-corrected chi connectivity index (χ1v) is 9.40. The Bertz CT molecular complexity index is 573. The van der Waals surface area contributed by atoms with Crippen molar-refractivity contribution < 1.29 is 22.7 Å². The smallest absolute Gasteiger partial charge is 0.405 e. The maximum atomic E-state index is 13.3. The maximum absolute atomic E-state index is 13.3. The fourth-order valence-corrected chi connectivity index (χ4v) is 2.97. The molecule has 0 aromatic heterocycles. The minimum atomic E-state index is -4.36. The number of ether oxygens (including phenoxy) is 1. The van der Waals surface area contributed by atoms with Crippen LogP contribution in [-0.2, 0) is 11.2 Å². The minimum absolute atomic E-state index is 0.154. The van der Waals surface area contributed by atoms with Crippen molar-refractivity contribution in [2.24, 2.45) is 0 Å². The number of carbonyl (C=O) groups excluding carboxylic acids is 1. The Kier molecular flexibility index (Phi) is 8.37. The van der Waals surface area contributed by atoms with E-state index in [2.05, 4.69) is 10.6 Å². The van der Waals surface area contributed by atoms with Crippen LogP contribution in [-0.4, -0.2) is 62.4 Å². The first-order chi connectivity index (χ1) is 12.9. The van der Waals surface area contributed by atoms with Gasteiger partial charge < -0.3 is 15.4 Å². The molecule has 8 heteroatoms. The molecule has 1 aromatic carbocycles. The number of hydrogen-bond donors (Lipinski definition) is 2. The van der Waals surface area contributed by atoms with Crippen LogP contribution in [0.25, 0.3) is 0 Å². The number of benzene rings is 1. The summed E-state index contributed by atoms with van der Waals surface area (Å²) in [7, 11) is 0. The minimum Gasteiger partial charge on any atom is -0.494 e. The molecule has 0 bridgehead atoms. The van der Waals surface area contributed by atoms with E-state index in [0.717, 1.165) is 17.7 Å². The summed E-state index contributed by atoms with van der Waals surface area (Å²) in [6.07, 6.45) is -2.81. The van der Waals surface area contributed by atoms with Crippen molar-refractivity contribution in [2.75, 3.05) is 39.3 Å². The highest BCUT2D eigenvalue weighted by molar-refractivity contribution is 5.76. The normalized spacial score (nSPS) is 16.7. The second-order valence-corrected chi connectivity index (χ2v) is 6.64. The second kappa shape index (κ2) is 10.5. The van der Waals surface area contributed by atoms with Crippen LogP contribution in [0.2, 0.25) is 0 Å². The molecule has 0 radical (unpaired) electrons. The number of halogens is 3. The van der Waals surface area contributed by atoms with Crippen molar-refractivity contribution in [2.45, 2.75) is 38.4 Å². The van der Waals surface area contributed by atoms with Crippen molar-refractivity contribution in [3.05, 3.63) is 29.8 Å². The molecule has 1 heterocycles. The first-order valence-electron chi connectivity index (χ1n) is 9.40. The molecule has 27 heavy (non-hydrogen) atoms. The third kappa shape index (κ3) is 7.38. The van der Waals surface area contributed by atoms with Crippen LogP contribution < -0.4 is 15.4 Å². The van der Waals surface area contributed by atoms with Crippen LogP contribution in [0.15, 0.2) is 24.3 Å². The number of hydrogen-bond acceptors (Lipinski definition) is 4. The Morgan fingerprint density at radius 1 is 1.26 bits per heavy atom. The summed E-state index contributed by atoms with van der Waals surface area (Å²) < 4.78 is 45.4. The molecule has 1 unspecified atom stereocenters. The van der Waals surface area contributed by atoms with E-state index in [9.17, 15) is 18.0 Å². The van der Waals surface area contributed by atoms with Gasteiger partial charge in [-0.2, -0.15) is 13.2 Å². The van der Waals surface area contributed by atoms with Crippen LogP contribution in [0, 0.1) is 0 Å². The van der Waals surface area contributed by atoms with E-state index in [0.29, 0.717) is 39.2 Å². The van der Waals surface area contributed by atoms with Crippen LogP contribution in [0.1, 0.15) is 25.3 Å². The summed E-state index contributed by atoms with van der Waals surface area (Å²) in [5, 5.41) is 5.48. The Hall–Kier alpha value is -1.80. The lowest BCUT2D eigenvalue weighted by molar-refractivity contribution is -0.184. The van der Waals surface area contributed by atoms with Gasteiger partial charge in [-0.1, -0.05) is 19.1 Å². The molecule has 1 fully saturated rings. The first kappa shape index (κ1) is 21.5. The van der Waals surface area contributed by atoms with Crippen molar-refractivity contribution in [3.63, 3.8) is 0 Å². The van der Waals surface area contributed by atoms with E-state index in [1.54, 1.807) is 0 Å². The van der Waals surface area contributed by atoms with E-state index in [1.807, 2.05) is 31.2 Å². The highest BCUT2D eigenvalue weighted by Gasteiger charge is 2.43. The van der Waals surface area contributed by atoms with Crippen molar-refractivity contribution in [1.82, 2.24) is 15.5 Å². The molecule has 1 atom stereocenters. The summed E-state index contributed by atoms with van der Waals surface area (Å²) in [6.45, 7) is 3.97. The maximum Gasteiger partial charge on any atom is 0.405 e. The van der Waals surface area contributed by atoms with Gasteiger partial charge >= 0.3 is 6.18 Å². The third-order valence-electron chi connectivity index (χ3n) is 4.50. The SMILES string of the molecule is CCCOc1ccc(CCC(=O)NCC(N2CCNCC2)C(F)(F)F)cc1. The average molecular weight is 387 g/mol. The van der Waals surface area contributed by atoms with Crippen molar-refractivity contribution in [1.29, 1.82) is 0 Å². The van der Waals surface area contributed by atoms with Gasteiger partial charge in [-0.05, 0) is 30.5 Å². The third-order valence-corrected chi connectivity index (χ3v) is 4.50. The molecule has 1 aromatic rings. The predicted molar refractivity (Wildman–Crippen MR) is 97.8 cm³/mol. The zero-order valence-corrected chi connectivity index (χ0v) is 15.6. The fraction of sp³-hybridized carbons (Fsp3) is 0.632. The summed E-state index contributed by atoms with van der Waals surface area (Å²) in [4.78, 5) is 13.4. The van der Waals surface area contributed by atoms with Gasteiger partial charge in [0.15, 0.2) is 0 Å². The van der Waals surface area contributed by atoms with E-state index in [1.165, 1.54) is 4.90 Å². The van der Waals surface area contributed by atoms with E-state index >= 15 is 0 Å². The molecule has 1 aliphatic rings. The molecule has 0 saturated carbocycles. The van der Waals surface area contributed by atoms with Gasteiger partial charge in [-0.25, -0.2) is 0 Å². The topological polar surface area (TPSA) is 53.6 Å².